The van der Waals surface area contributed by atoms with Gasteiger partial charge in [0.15, 0.2) is 0 Å². The Balaban J connectivity index is 1.41. The molecule has 0 aliphatic carbocycles. The molecule has 1 fully saturated rings. The molecule has 2 aliphatic heterocycles. The summed E-state index contributed by atoms with van der Waals surface area (Å²) in [5.74, 6) is 0.382. The van der Waals surface area contributed by atoms with Gasteiger partial charge in [-0.05, 0) is 54.3 Å². The monoisotopic (exact) mass is 410 g/mol. The number of anilines is 1. The number of rotatable bonds is 2. The Bertz CT molecular complexity index is 1240. The number of nitrogens with one attached hydrogen (secondary N) is 1. The van der Waals surface area contributed by atoms with Crippen molar-refractivity contribution in [1.29, 1.82) is 5.26 Å². The summed E-state index contributed by atoms with van der Waals surface area (Å²) in [7, 11) is 0. The van der Waals surface area contributed by atoms with Gasteiger partial charge in [0.2, 0.25) is 0 Å². The molecule has 31 heavy (non-hydrogen) atoms. The number of aromatic nitrogens is 1. The zero-order valence-corrected chi connectivity index (χ0v) is 17.0. The van der Waals surface area contributed by atoms with Gasteiger partial charge in [0.1, 0.15) is 0 Å². The quantitative estimate of drug-likeness (QED) is 0.693. The number of urea groups is 1. The Morgan fingerprint density at radius 1 is 1.00 bits per heavy atom. The Hall–Kier alpha value is -3.85. The zero-order valence-electron chi connectivity index (χ0n) is 17.0. The van der Waals surface area contributed by atoms with Crippen molar-refractivity contribution >= 4 is 11.7 Å². The minimum atomic E-state index is -0.0957. The maximum absolute atomic E-state index is 13.3. The number of amides is 2. The second-order valence-electron chi connectivity index (χ2n) is 8.28. The molecule has 6 nitrogen and oxygen atoms in total. The number of carbonyl (C=O) groups is 1. The fourth-order valence-electron chi connectivity index (χ4n) is 4.81. The second-order valence-corrected chi connectivity index (χ2v) is 8.28. The smallest absolute Gasteiger partial charge is 0.321 e. The van der Waals surface area contributed by atoms with Gasteiger partial charge in [-0.1, -0.05) is 30.3 Å². The molecule has 1 saturated heterocycles. The van der Waals surface area contributed by atoms with Crippen molar-refractivity contribution < 1.29 is 4.79 Å². The minimum Gasteiger partial charge on any atom is -0.324 e. The van der Waals surface area contributed by atoms with Gasteiger partial charge in [-0.3, -0.25) is 4.79 Å². The average molecular weight is 410 g/mol. The molecule has 3 aromatic rings. The number of hydrogen-bond acceptors (Lipinski definition) is 3. The summed E-state index contributed by atoms with van der Waals surface area (Å²) in [5.41, 5.74) is 3.65. The molecule has 0 radical (unpaired) electrons. The van der Waals surface area contributed by atoms with Crippen molar-refractivity contribution in [3.05, 3.63) is 88.3 Å². The normalized spacial score (nSPS) is 19.3. The zero-order chi connectivity index (χ0) is 21.4. The Labute approximate surface area is 180 Å². The van der Waals surface area contributed by atoms with Crippen LogP contribution < -0.4 is 10.9 Å². The van der Waals surface area contributed by atoms with Gasteiger partial charge in [-0.2, -0.15) is 5.26 Å². The highest BCUT2D eigenvalue weighted by Crippen LogP contribution is 2.36. The molecule has 2 atom stereocenters. The van der Waals surface area contributed by atoms with Gasteiger partial charge in [0.05, 0.1) is 11.6 Å². The number of carbonyl (C=O) groups excluding carboxylic acids is 1. The van der Waals surface area contributed by atoms with E-state index in [1.807, 2.05) is 58.0 Å². The van der Waals surface area contributed by atoms with Crippen molar-refractivity contribution in [2.24, 2.45) is 5.92 Å². The van der Waals surface area contributed by atoms with E-state index in [0.717, 1.165) is 23.4 Å². The van der Waals surface area contributed by atoms with Crippen LogP contribution in [-0.4, -0.2) is 28.6 Å². The van der Waals surface area contributed by atoms with Gasteiger partial charge in [0, 0.05) is 42.5 Å². The number of fused-ring (bicyclic) bond motifs is 4. The van der Waals surface area contributed by atoms with Crippen LogP contribution in [0.2, 0.25) is 0 Å². The molecule has 2 aromatic carbocycles. The summed E-state index contributed by atoms with van der Waals surface area (Å²) in [6.07, 6.45) is 0.984. The molecular weight excluding hydrogens is 388 g/mol. The molecule has 2 bridgehead atoms. The summed E-state index contributed by atoms with van der Waals surface area (Å²) < 4.78 is 1.87. The fourth-order valence-corrected chi connectivity index (χ4v) is 4.81. The maximum Gasteiger partial charge on any atom is 0.321 e. The number of benzene rings is 2. The Morgan fingerprint density at radius 3 is 2.65 bits per heavy atom. The molecule has 2 unspecified atom stereocenters. The van der Waals surface area contributed by atoms with Crippen LogP contribution in [0.5, 0.6) is 0 Å². The van der Waals surface area contributed by atoms with Crippen molar-refractivity contribution in [2.75, 3.05) is 18.4 Å². The summed E-state index contributed by atoms with van der Waals surface area (Å²) in [6, 6.07) is 22.5. The number of piperidine rings is 1. The summed E-state index contributed by atoms with van der Waals surface area (Å²) in [4.78, 5) is 28.0. The number of pyridine rings is 1. The van der Waals surface area contributed by atoms with Gasteiger partial charge in [0.25, 0.3) is 5.56 Å². The van der Waals surface area contributed by atoms with Gasteiger partial charge >= 0.3 is 6.03 Å². The van der Waals surface area contributed by atoms with Crippen molar-refractivity contribution in [3.63, 3.8) is 0 Å². The standard InChI is InChI=1S/C25H22N4O2/c26-13-17-5-4-6-19(11-17)22-9-10-23-20-12-18(15-29(23)24(22)30)14-28(16-20)25(31)27-21-7-2-1-3-8-21/h1-11,18,20H,12,14-16H2,(H,27,31). The molecule has 1 N–H and O–H groups in total. The molecule has 0 spiro atoms. The lowest BCUT2D eigenvalue weighted by atomic mass is 9.83. The average Bonchev–Trinajstić information content (AvgIpc) is 2.80. The molecule has 2 amide bonds. The van der Waals surface area contributed by atoms with Crippen LogP contribution in [0.3, 0.4) is 0 Å². The van der Waals surface area contributed by atoms with E-state index in [-0.39, 0.29) is 23.4 Å². The number of likely N-dealkylation sites (tertiary alicyclic amines) is 1. The van der Waals surface area contributed by atoms with E-state index in [1.54, 1.807) is 18.2 Å². The lowest BCUT2D eigenvalue weighted by Crippen LogP contribution is -2.50. The van der Waals surface area contributed by atoms with E-state index in [1.165, 1.54) is 0 Å². The fraction of sp³-hybridized carbons (Fsp3) is 0.240. The highest BCUT2D eigenvalue weighted by Gasteiger charge is 2.36. The van der Waals surface area contributed by atoms with Crippen LogP contribution >= 0.6 is 0 Å². The van der Waals surface area contributed by atoms with Crippen LogP contribution in [0.1, 0.15) is 23.6 Å². The topological polar surface area (TPSA) is 78.1 Å². The largest absolute Gasteiger partial charge is 0.324 e. The molecule has 0 saturated carbocycles. The van der Waals surface area contributed by atoms with E-state index in [0.29, 0.717) is 30.8 Å². The highest BCUT2D eigenvalue weighted by molar-refractivity contribution is 5.89. The van der Waals surface area contributed by atoms with E-state index >= 15 is 0 Å². The van der Waals surface area contributed by atoms with Crippen LogP contribution in [-0.2, 0) is 6.54 Å². The van der Waals surface area contributed by atoms with Crippen molar-refractivity contribution in [1.82, 2.24) is 9.47 Å². The SMILES string of the molecule is N#Cc1cccc(-c2ccc3n(c2=O)CC2CC3CN(C(=O)Nc3ccccc3)C2)c1. The van der Waals surface area contributed by atoms with Crippen LogP contribution in [0.4, 0.5) is 10.5 Å². The van der Waals surface area contributed by atoms with Gasteiger partial charge in [-0.15, -0.1) is 0 Å². The maximum atomic E-state index is 13.3. The minimum absolute atomic E-state index is 0.0236. The number of hydrogen-bond donors (Lipinski definition) is 1. The molecule has 154 valence electrons. The molecular formula is C25H22N4O2. The van der Waals surface area contributed by atoms with E-state index in [4.69, 9.17) is 0 Å². The summed E-state index contributed by atoms with van der Waals surface area (Å²) in [5, 5.41) is 12.1. The van der Waals surface area contributed by atoms with Crippen LogP contribution in [0.15, 0.2) is 71.5 Å². The molecule has 5 rings (SSSR count). The molecule has 6 heteroatoms. The lowest BCUT2D eigenvalue weighted by Gasteiger charge is -2.42. The second kappa shape index (κ2) is 7.77. The van der Waals surface area contributed by atoms with Gasteiger partial charge in [-0.25, -0.2) is 4.79 Å². The van der Waals surface area contributed by atoms with Crippen molar-refractivity contribution in [2.45, 2.75) is 18.9 Å². The Kier molecular flexibility index (Phi) is 4.79. The highest BCUT2D eigenvalue weighted by atomic mass is 16.2. The summed E-state index contributed by atoms with van der Waals surface area (Å²) >= 11 is 0. The first kappa shape index (κ1) is 19.1. The van der Waals surface area contributed by atoms with E-state index in [2.05, 4.69) is 11.4 Å². The van der Waals surface area contributed by atoms with E-state index < -0.39 is 0 Å². The first-order valence-corrected chi connectivity index (χ1v) is 10.5. The first-order valence-electron chi connectivity index (χ1n) is 10.5. The molecule has 3 heterocycles. The third-order valence-corrected chi connectivity index (χ3v) is 6.22. The van der Waals surface area contributed by atoms with Crippen molar-refractivity contribution in [3.8, 4) is 17.2 Å². The lowest BCUT2D eigenvalue weighted by molar-refractivity contribution is 0.139. The first-order chi connectivity index (χ1) is 15.1. The third-order valence-electron chi connectivity index (χ3n) is 6.22. The van der Waals surface area contributed by atoms with Crippen LogP contribution in [0.25, 0.3) is 11.1 Å². The predicted octanol–water partition coefficient (Wildman–Crippen LogP) is 4.04. The summed E-state index contributed by atoms with van der Waals surface area (Å²) in [6.45, 7) is 1.83. The van der Waals surface area contributed by atoms with E-state index in [9.17, 15) is 14.9 Å². The number of nitrogens with zero attached hydrogens (tertiary/aromatic N) is 3. The number of para-hydroxylation sites is 1. The van der Waals surface area contributed by atoms with Gasteiger partial charge < -0.3 is 14.8 Å². The van der Waals surface area contributed by atoms with Crippen LogP contribution in [0, 0.1) is 17.2 Å². The third kappa shape index (κ3) is 3.59. The molecule has 2 aliphatic rings. The molecule has 1 aromatic heterocycles. The Morgan fingerprint density at radius 2 is 1.84 bits per heavy atom. The predicted molar refractivity (Wildman–Crippen MR) is 119 cm³/mol. The number of nitriles is 1.